The monoisotopic (exact) mass is 285 g/mol. The van der Waals surface area contributed by atoms with Gasteiger partial charge in [-0.15, -0.1) is 12.4 Å². The lowest BCUT2D eigenvalue weighted by Crippen LogP contribution is -2.13. The number of carbonyl (C=O) groups excluding carboxylic acids is 2. The van der Waals surface area contributed by atoms with Crippen molar-refractivity contribution in [2.75, 3.05) is 12.3 Å². The minimum Gasteiger partial charge on any atom is -0.449 e. The van der Waals surface area contributed by atoms with Crippen LogP contribution in [0.2, 0.25) is 0 Å². The fourth-order valence-electron chi connectivity index (χ4n) is 1.44. The van der Waals surface area contributed by atoms with Crippen LogP contribution in [0.5, 0.6) is 0 Å². The normalized spacial score (nSPS) is 9.74. The number of carbonyl (C=O) groups is 2. The molecule has 2 rings (SSSR count). The molecular formula is C12H12ClNO5. The molecule has 0 aliphatic carbocycles. The lowest BCUT2D eigenvalue weighted by Gasteiger charge is -1.99. The van der Waals surface area contributed by atoms with E-state index in [1.54, 1.807) is 25.1 Å². The Morgan fingerprint density at radius 2 is 2.05 bits per heavy atom. The number of furan rings is 1. The van der Waals surface area contributed by atoms with Crippen LogP contribution in [0.15, 0.2) is 28.7 Å². The van der Waals surface area contributed by atoms with Crippen LogP contribution >= 0.6 is 12.4 Å². The zero-order chi connectivity index (χ0) is 13.1. The van der Waals surface area contributed by atoms with Crippen LogP contribution in [0, 0.1) is 0 Å². The Bertz CT molecular complexity index is 607. The van der Waals surface area contributed by atoms with Crippen molar-refractivity contribution in [3.05, 3.63) is 30.0 Å². The Hall–Kier alpha value is -2.21. The zero-order valence-corrected chi connectivity index (χ0v) is 10.9. The second-order valence-corrected chi connectivity index (χ2v) is 3.48. The molecule has 0 atom stereocenters. The molecule has 0 spiro atoms. The third-order valence-corrected chi connectivity index (χ3v) is 2.18. The van der Waals surface area contributed by atoms with Gasteiger partial charge >= 0.3 is 12.1 Å². The summed E-state index contributed by atoms with van der Waals surface area (Å²) in [5.41, 5.74) is 6.63. The summed E-state index contributed by atoms with van der Waals surface area (Å²) in [5.74, 6) is -0.980. The number of rotatable bonds is 2. The fraction of sp³-hybridized carbons (Fsp3) is 0.167. The van der Waals surface area contributed by atoms with E-state index in [-0.39, 0.29) is 24.8 Å². The highest BCUT2D eigenvalue weighted by atomic mass is 35.5. The maximum Gasteiger partial charge on any atom is 0.516 e. The molecule has 0 aliphatic rings. The summed E-state index contributed by atoms with van der Waals surface area (Å²) in [6.07, 6.45) is -1.05. The van der Waals surface area contributed by atoms with E-state index in [0.717, 1.165) is 0 Å². The van der Waals surface area contributed by atoms with Crippen LogP contribution in [0.25, 0.3) is 11.0 Å². The Balaban J connectivity index is 0.00000180. The average molecular weight is 286 g/mol. The molecule has 19 heavy (non-hydrogen) atoms. The summed E-state index contributed by atoms with van der Waals surface area (Å²) < 4.78 is 14.1. The van der Waals surface area contributed by atoms with Crippen molar-refractivity contribution < 1.29 is 23.5 Å². The summed E-state index contributed by atoms with van der Waals surface area (Å²) >= 11 is 0. The molecule has 0 saturated carbocycles. The Labute approximate surface area is 114 Å². The van der Waals surface area contributed by atoms with Gasteiger partial charge in [0.05, 0.1) is 6.61 Å². The first kappa shape index (κ1) is 14.8. The predicted molar refractivity (Wildman–Crippen MR) is 70.3 cm³/mol. The standard InChI is InChI=1S/C12H11NO5.ClH/c1-2-16-12(15)18-11(14)10-6-7-5-8(13)3-4-9(7)17-10;/h3-6H,2,13H2,1H3;1H. The van der Waals surface area contributed by atoms with Crippen LogP contribution in [-0.2, 0) is 9.47 Å². The molecule has 0 amide bonds. The van der Waals surface area contributed by atoms with Crippen molar-refractivity contribution >= 4 is 41.2 Å². The molecular weight excluding hydrogens is 274 g/mol. The van der Waals surface area contributed by atoms with Gasteiger partial charge in [0.2, 0.25) is 5.76 Å². The van der Waals surface area contributed by atoms with Crippen LogP contribution in [-0.4, -0.2) is 18.7 Å². The minimum absolute atomic E-state index is 0. The maximum atomic E-state index is 11.5. The van der Waals surface area contributed by atoms with E-state index in [1.807, 2.05) is 0 Å². The SMILES string of the molecule is CCOC(=O)OC(=O)c1cc2cc(N)ccc2o1.Cl. The van der Waals surface area contributed by atoms with Gasteiger partial charge in [-0.25, -0.2) is 9.59 Å². The van der Waals surface area contributed by atoms with Crippen LogP contribution in [0.3, 0.4) is 0 Å². The van der Waals surface area contributed by atoms with E-state index in [0.29, 0.717) is 16.7 Å². The number of nitrogen functional groups attached to an aromatic ring is 1. The molecule has 7 heteroatoms. The van der Waals surface area contributed by atoms with E-state index in [4.69, 9.17) is 10.2 Å². The lowest BCUT2D eigenvalue weighted by molar-refractivity contribution is 0.0375. The van der Waals surface area contributed by atoms with Crippen molar-refractivity contribution in [1.82, 2.24) is 0 Å². The van der Waals surface area contributed by atoms with Gasteiger partial charge in [-0.2, -0.15) is 0 Å². The molecule has 0 aliphatic heterocycles. The molecule has 6 nitrogen and oxygen atoms in total. The molecule has 1 aromatic carbocycles. The number of anilines is 1. The number of ether oxygens (including phenoxy) is 2. The molecule has 0 bridgehead atoms. The van der Waals surface area contributed by atoms with Crippen molar-refractivity contribution in [3.8, 4) is 0 Å². The second-order valence-electron chi connectivity index (χ2n) is 3.48. The fourth-order valence-corrected chi connectivity index (χ4v) is 1.44. The van der Waals surface area contributed by atoms with Gasteiger partial charge in [-0.1, -0.05) is 0 Å². The molecule has 0 unspecified atom stereocenters. The highest BCUT2D eigenvalue weighted by Crippen LogP contribution is 2.22. The third-order valence-electron chi connectivity index (χ3n) is 2.18. The number of benzene rings is 1. The van der Waals surface area contributed by atoms with Gasteiger partial charge < -0.3 is 19.6 Å². The smallest absolute Gasteiger partial charge is 0.449 e. The first-order valence-electron chi connectivity index (χ1n) is 5.28. The average Bonchev–Trinajstić information content (AvgIpc) is 2.72. The second kappa shape index (κ2) is 6.10. The maximum absolute atomic E-state index is 11.5. The molecule has 1 aromatic heterocycles. The van der Waals surface area contributed by atoms with Crippen molar-refractivity contribution in [2.24, 2.45) is 0 Å². The van der Waals surface area contributed by atoms with E-state index in [2.05, 4.69) is 9.47 Å². The number of hydrogen-bond acceptors (Lipinski definition) is 6. The van der Waals surface area contributed by atoms with E-state index < -0.39 is 12.1 Å². The minimum atomic E-state index is -1.05. The van der Waals surface area contributed by atoms with Crippen LogP contribution in [0.1, 0.15) is 17.5 Å². The van der Waals surface area contributed by atoms with E-state index >= 15 is 0 Å². The van der Waals surface area contributed by atoms with Crippen molar-refractivity contribution in [3.63, 3.8) is 0 Å². The highest BCUT2D eigenvalue weighted by Gasteiger charge is 2.18. The summed E-state index contributed by atoms with van der Waals surface area (Å²) in [5, 5.41) is 0.658. The first-order chi connectivity index (χ1) is 8.60. The number of fused-ring (bicyclic) bond motifs is 1. The molecule has 0 radical (unpaired) electrons. The quantitative estimate of drug-likeness (QED) is 0.518. The number of nitrogens with two attached hydrogens (primary N) is 1. The Kier molecular flexibility index (Phi) is 4.77. The molecule has 0 saturated heterocycles. The Morgan fingerprint density at radius 3 is 2.74 bits per heavy atom. The van der Waals surface area contributed by atoms with E-state index in [9.17, 15) is 9.59 Å². The lowest BCUT2D eigenvalue weighted by atomic mass is 10.2. The summed E-state index contributed by atoms with van der Waals surface area (Å²) in [7, 11) is 0. The highest BCUT2D eigenvalue weighted by molar-refractivity contribution is 5.97. The molecule has 2 N–H and O–H groups in total. The Morgan fingerprint density at radius 1 is 1.32 bits per heavy atom. The summed E-state index contributed by atoms with van der Waals surface area (Å²) in [4.78, 5) is 22.5. The predicted octanol–water partition coefficient (Wildman–Crippen LogP) is 2.75. The van der Waals surface area contributed by atoms with Crippen LogP contribution < -0.4 is 5.73 Å². The summed E-state index contributed by atoms with van der Waals surface area (Å²) in [6, 6.07) is 6.38. The zero-order valence-electron chi connectivity index (χ0n) is 10.0. The van der Waals surface area contributed by atoms with E-state index in [1.165, 1.54) is 6.07 Å². The van der Waals surface area contributed by atoms with Gasteiger partial charge in [0.1, 0.15) is 5.58 Å². The van der Waals surface area contributed by atoms with Gasteiger partial charge in [0.25, 0.3) is 0 Å². The topological polar surface area (TPSA) is 91.8 Å². The van der Waals surface area contributed by atoms with Crippen LogP contribution in [0.4, 0.5) is 10.5 Å². The van der Waals surface area contributed by atoms with Gasteiger partial charge in [0, 0.05) is 11.1 Å². The number of halogens is 1. The summed E-state index contributed by atoms with van der Waals surface area (Å²) in [6.45, 7) is 1.73. The van der Waals surface area contributed by atoms with Crippen molar-refractivity contribution in [1.29, 1.82) is 0 Å². The first-order valence-corrected chi connectivity index (χ1v) is 5.28. The number of esters is 1. The molecule has 1 heterocycles. The van der Waals surface area contributed by atoms with Gasteiger partial charge in [-0.3, -0.25) is 0 Å². The van der Waals surface area contributed by atoms with Crippen molar-refractivity contribution in [2.45, 2.75) is 6.92 Å². The molecule has 0 fully saturated rings. The number of hydrogen-bond donors (Lipinski definition) is 1. The largest absolute Gasteiger partial charge is 0.516 e. The van der Waals surface area contributed by atoms with Gasteiger partial charge in [-0.05, 0) is 31.2 Å². The van der Waals surface area contributed by atoms with Gasteiger partial charge in [0.15, 0.2) is 0 Å². The molecule has 2 aromatic rings. The molecule has 102 valence electrons. The third kappa shape index (κ3) is 3.38.